The minimum Gasteiger partial charge on any atom is -0.268 e. The smallest absolute Gasteiger partial charge is 0.267 e. The van der Waals surface area contributed by atoms with Gasteiger partial charge >= 0.3 is 0 Å². The Labute approximate surface area is 187 Å². The molecule has 6 nitrogen and oxygen atoms in total. The summed E-state index contributed by atoms with van der Waals surface area (Å²) in [5.74, 6) is 1.48. The molecule has 156 valence electrons. The fourth-order valence-electron chi connectivity index (χ4n) is 3.78. The zero-order chi connectivity index (χ0) is 21.5. The Morgan fingerprint density at radius 1 is 1.06 bits per heavy atom. The number of hydrogen-bond donors (Lipinski definition) is 0. The standard InChI is InChI=1S/C23H21N5OS2/c1-14(2)17-8-4-6-10-19(17)27-21(29)18-9-5-7-11-20(18)28-22(27)25-26-23(28)31-13-16-12-30-15(3)24-16/h4-12,14H,13H2,1-3H3. The third kappa shape index (κ3) is 3.45. The molecule has 0 bridgehead atoms. The van der Waals surface area contributed by atoms with Gasteiger partial charge in [0.05, 0.1) is 27.3 Å². The molecule has 0 unspecified atom stereocenters. The van der Waals surface area contributed by atoms with E-state index in [0.29, 0.717) is 16.9 Å². The van der Waals surface area contributed by atoms with Crippen molar-refractivity contribution in [1.29, 1.82) is 0 Å². The molecule has 0 aliphatic heterocycles. The van der Waals surface area contributed by atoms with E-state index in [9.17, 15) is 4.79 Å². The summed E-state index contributed by atoms with van der Waals surface area (Å²) in [6, 6.07) is 15.6. The van der Waals surface area contributed by atoms with E-state index in [1.54, 1.807) is 27.7 Å². The molecule has 0 radical (unpaired) electrons. The molecule has 0 amide bonds. The first kappa shape index (κ1) is 20.0. The average molecular weight is 448 g/mol. The summed E-state index contributed by atoms with van der Waals surface area (Å²) in [5.41, 5.74) is 3.68. The molecule has 0 fully saturated rings. The summed E-state index contributed by atoms with van der Waals surface area (Å²) in [7, 11) is 0. The highest BCUT2D eigenvalue weighted by Crippen LogP contribution is 2.28. The van der Waals surface area contributed by atoms with Crippen molar-refractivity contribution >= 4 is 39.8 Å². The van der Waals surface area contributed by atoms with E-state index in [1.807, 2.05) is 53.8 Å². The largest absolute Gasteiger partial charge is 0.268 e. The summed E-state index contributed by atoms with van der Waals surface area (Å²) in [6.07, 6.45) is 0. The van der Waals surface area contributed by atoms with Crippen molar-refractivity contribution in [3.8, 4) is 5.69 Å². The molecule has 2 aromatic carbocycles. The first-order valence-corrected chi connectivity index (χ1v) is 11.9. The first-order valence-electron chi connectivity index (χ1n) is 10.1. The van der Waals surface area contributed by atoms with Crippen LogP contribution in [0, 0.1) is 6.92 Å². The Morgan fingerprint density at radius 3 is 2.61 bits per heavy atom. The van der Waals surface area contributed by atoms with Crippen LogP contribution < -0.4 is 5.56 Å². The number of nitrogens with zero attached hydrogens (tertiary/aromatic N) is 5. The van der Waals surface area contributed by atoms with E-state index in [2.05, 4.69) is 40.5 Å². The molecule has 0 aliphatic carbocycles. The van der Waals surface area contributed by atoms with Crippen LogP contribution in [0.4, 0.5) is 0 Å². The van der Waals surface area contributed by atoms with Gasteiger partial charge in [-0.3, -0.25) is 9.20 Å². The van der Waals surface area contributed by atoms with Gasteiger partial charge in [0.15, 0.2) is 5.16 Å². The summed E-state index contributed by atoms with van der Waals surface area (Å²) in [4.78, 5) is 18.1. The predicted octanol–water partition coefficient (Wildman–Crippen LogP) is 5.21. The average Bonchev–Trinajstić information content (AvgIpc) is 3.39. The fraction of sp³-hybridized carbons (Fsp3) is 0.217. The van der Waals surface area contributed by atoms with Crippen molar-refractivity contribution in [2.24, 2.45) is 0 Å². The molecule has 5 aromatic rings. The lowest BCUT2D eigenvalue weighted by molar-refractivity contribution is 0.837. The van der Waals surface area contributed by atoms with Crippen LogP contribution in [0.5, 0.6) is 0 Å². The number of thiazole rings is 1. The second-order valence-corrected chi connectivity index (χ2v) is 9.64. The molecule has 3 aromatic heterocycles. The molecule has 0 saturated carbocycles. The van der Waals surface area contributed by atoms with Crippen molar-refractivity contribution < 1.29 is 0 Å². The molecular weight excluding hydrogens is 426 g/mol. The quantitative estimate of drug-likeness (QED) is 0.346. The van der Waals surface area contributed by atoms with Crippen molar-refractivity contribution in [2.75, 3.05) is 0 Å². The number of hydrogen-bond acceptors (Lipinski definition) is 6. The molecule has 8 heteroatoms. The highest BCUT2D eigenvalue weighted by atomic mass is 32.2. The number of thioether (sulfide) groups is 1. The maximum absolute atomic E-state index is 13.6. The van der Waals surface area contributed by atoms with Gasteiger partial charge in [0.25, 0.3) is 5.56 Å². The third-order valence-electron chi connectivity index (χ3n) is 5.21. The maximum Gasteiger partial charge on any atom is 0.267 e. The van der Waals surface area contributed by atoms with E-state index in [1.165, 1.54) is 0 Å². The van der Waals surface area contributed by atoms with E-state index < -0.39 is 0 Å². The lowest BCUT2D eigenvalue weighted by atomic mass is 10.0. The number of rotatable bonds is 5. The van der Waals surface area contributed by atoms with Gasteiger partial charge < -0.3 is 0 Å². The Morgan fingerprint density at radius 2 is 1.84 bits per heavy atom. The van der Waals surface area contributed by atoms with E-state index in [-0.39, 0.29) is 11.5 Å². The Hall–Kier alpha value is -2.97. The number of benzene rings is 2. The number of aryl methyl sites for hydroxylation is 1. The normalized spacial score (nSPS) is 11.7. The summed E-state index contributed by atoms with van der Waals surface area (Å²) < 4.78 is 3.68. The molecule has 3 heterocycles. The van der Waals surface area contributed by atoms with Gasteiger partial charge in [-0.1, -0.05) is 55.9 Å². The molecule has 0 atom stereocenters. The lowest BCUT2D eigenvalue weighted by Crippen LogP contribution is -2.23. The topological polar surface area (TPSA) is 65.1 Å². The van der Waals surface area contributed by atoms with Crippen LogP contribution in [0.25, 0.3) is 22.4 Å². The molecular formula is C23H21N5OS2. The van der Waals surface area contributed by atoms with Crippen LogP contribution in [0.2, 0.25) is 0 Å². The van der Waals surface area contributed by atoms with E-state index in [4.69, 9.17) is 0 Å². The van der Waals surface area contributed by atoms with Crippen molar-refractivity contribution in [1.82, 2.24) is 24.1 Å². The lowest BCUT2D eigenvalue weighted by Gasteiger charge is -2.16. The van der Waals surface area contributed by atoms with Crippen LogP contribution in [-0.4, -0.2) is 24.1 Å². The number of fused-ring (bicyclic) bond motifs is 3. The zero-order valence-corrected chi connectivity index (χ0v) is 19.1. The third-order valence-corrected chi connectivity index (χ3v) is 6.99. The summed E-state index contributed by atoms with van der Waals surface area (Å²) >= 11 is 3.22. The second kappa shape index (κ2) is 7.94. The number of aromatic nitrogens is 5. The summed E-state index contributed by atoms with van der Waals surface area (Å²) in [5, 5.41) is 13.4. The van der Waals surface area contributed by atoms with Gasteiger partial charge in [-0.05, 0) is 36.6 Å². The van der Waals surface area contributed by atoms with Gasteiger partial charge in [-0.2, -0.15) is 0 Å². The van der Waals surface area contributed by atoms with Gasteiger partial charge in [0.2, 0.25) is 5.78 Å². The van der Waals surface area contributed by atoms with Crippen molar-refractivity contribution in [3.05, 3.63) is 80.5 Å². The van der Waals surface area contributed by atoms with Crippen LogP contribution in [0.15, 0.2) is 63.9 Å². The second-order valence-electron chi connectivity index (χ2n) is 7.64. The molecule has 31 heavy (non-hydrogen) atoms. The van der Waals surface area contributed by atoms with Gasteiger partial charge in [0, 0.05) is 11.1 Å². The van der Waals surface area contributed by atoms with Crippen LogP contribution >= 0.6 is 23.1 Å². The monoisotopic (exact) mass is 447 g/mol. The number of para-hydroxylation sites is 2. The molecule has 5 rings (SSSR count). The van der Waals surface area contributed by atoms with Crippen LogP contribution in [0.3, 0.4) is 0 Å². The predicted molar refractivity (Wildman–Crippen MR) is 127 cm³/mol. The molecule has 0 aliphatic rings. The van der Waals surface area contributed by atoms with Gasteiger partial charge in [-0.25, -0.2) is 9.55 Å². The molecule has 0 spiro atoms. The Kier molecular flexibility index (Phi) is 5.11. The summed E-state index contributed by atoms with van der Waals surface area (Å²) in [6.45, 7) is 6.26. The van der Waals surface area contributed by atoms with E-state index >= 15 is 0 Å². The Bertz CT molecular complexity index is 1460. The first-order chi connectivity index (χ1) is 15.0. The molecule has 0 N–H and O–H groups in total. The SMILES string of the molecule is Cc1nc(CSc2nnc3n(-c4ccccc4C(C)C)c(=O)c4ccccc4n23)cs1. The van der Waals surface area contributed by atoms with Crippen LogP contribution in [0.1, 0.15) is 36.0 Å². The minimum atomic E-state index is -0.0877. The fourth-order valence-corrected chi connectivity index (χ4v) is 5.33. The minimum absolute atomic E-state index is 0.0877. The van der Waals surface area contributed by atoms with Crippen LogP contribution in [-0.2, 0) is 5.75 Å². The van der Waals surface area contributed by atoms with Gasteiger partial charge in [-0.15, -0.1) is 21.5 Å². The highest BCUT2D eigenvalue weighted by molar-refractivity contribution is 7.98. The van der Waals surface area contributed by atoms with Gasteiger partial charge in [0.1, 0.15) is 0 Å². The zero-order valence-electron chi connectivity index (χ0n) is 17.4. The Balaban J connectivity index is 1.76. The van der Waals surface area contributed by atoms with Crippen molar-refractivity contribution in [2.45, 2.75) is 37.6 Å². The maximum atomic E-state index is 13.6. The van der Waals surface area contributed by atoms with Crippen molar-refractivity contribution in [3.63, 3.8) is 0 Å². The highest BCUT2D eigenvalue weighted by Gasteiger charge is 2.20. The molecule has 0 saturated heterocycles. The van der Waals surface area contributed by atoms with E-state index in [0.717, 1.165) is 32.6 Å².